The van der Waals surface area contributed by atoms with Gasteiger partial charge in [-0.2, -0.15) is 0 Å². The van der Waals surface area contributed by atoms with Gasteiger partial charge in [0.1, 0.15) is 0 Å². The van der Waals surface area contributed by atoms with E-state index < -0.39 is 5.97 Å². The minimum Gasteiger partial charge on any atom is -0.481 e. The monoisotopic (exact) mass is 278 g/mol. The van der Waals surface area contributed by atoms with Crippen molar-refractivity contribution in [3.63, 3.8) is 0 Å². The Kier molecular flexibility index (Phi) is 4.52. The molecule has 2 heterocycles. The summed E-state index contributed by atoms with van der Waals surface area (Å²) < 4.78 is 0. The molecular formula is C13H18N4O3. The molecular weight excluding hydrogens is 260 g/mol. The summed E-state index contributed by atoms with van der Waals surface area (Å²) in [7, 11) is 0. The molecule has 0 aliphatic carbocycles. The molecule has 0 bridgehead atoms. The summed E-state index contributed by atoms with van der Waals surface area (Å²) in [5.41, 5.74) is 6.41. The highest BCUT2D eigenvalue weighted by Gasteiger charge is 2.24. The highest BCUT2D eigenvalue weighted by molar-refractivity contribution is 5.97. The van der Waals surface area contributed by atoms with Gasteiger partial charge in [0.05, 0.1) is 12.1 Å². The maximum absolute atomic E-state index is 12.3. The lowest BCUT2D eigenvalue weighted by Crippen LogP contribution is -2.49. The normalized spacial score (nSPS) is 16.1. The molecule has 7 heteroatoms. The van der Waals surface area contributed by atoms with Crippen LogP contribution in [0.1, 0.15) is 16.9 Å². The number of carbonyl (C=O) groups is 2. The quantitative estimate of drug-likeness (QED) is 0.797. The maximum atomic E-state index is 12.3. The van der Waals surface area contributed by atoms with Crippen LogP contribution in [0.4, 0.5) is 5.69 Å². The SMILES string of the molecule is Nc1cccnc1C(=O)N1CCN(CCC(=O)O)CC1. The summed E-state index contributed by atoms with van der Waals surface area (Å²) in [6, 6.07) is 3.35. The summed E-state index contributed by atoms with van der Waals surface area (Å²) in [5.74, 6) is -0.967. The van der Waals surface area contributed by atoms with Gasteiger partial charge in [0, 0.05) is 38.9 Å². The van der Waals surface area contributed by atoms with Crippen molar-refractivity contribution in [1.82, 2.24) is 14.8 Å². The van der Waals surface area contributed by atoms with Crippen LogP contribution < -0.4 is 5.73 Å². The second-order valence-corrected chi connectivity index (χ2v) is 4.72. The molecule has 1 amide bonds. The molecule has 0 spiro atoms. The third-order valence-electron chi connectivity index (χ3n) is 3.34. The molecule has 0 unspecified atom stereocenters. The topological polar surface area (TPSA) is 99.8 Å². The van der Waals surface area contributed by atoms with Crippen molar-refractivity contribution in [2.45, 2.75) is 6.42 Å². The minimum absolute atomic E-state index is 0.126. The van der Waals surface area contributed by atoms with Crippen LogP contribution in [-0.2, 0) is 4.79 Å². The maximum Gasteiger partial charge on any atom is 0.304 e. The van der Waals surface area contributed by atoms with Crippen molar-refractivity contribution in [2.75, 3.05) is 38.5 Å². The number of nitrogen functional groups attached to an aromatic ring is 1. The first-order chi connectivity index (χ1) is 9.58. The Morgan fingerprint density at radius 3 is 2.60 bits per heavy atom. The number of nitrogens with zero attached hydrogens (tertiary/aromatic N) is 3. The van der Waals surface area contributed by atoms with Crippen molar-refractivity contribution < 1.29 is 14.7 Å². The van der Waals surface area contributed by atoms with Gasteiger partial charge in [-0.15, -0.1) is 0 Å². The first kappa shape index (κ1) is 14.3. The number of aliphatic carboxylic acids is 1. The van der Waals surface area contributed by atoms with Crippen molar-refractivity contribution in [2.24, 2.45) is 0 Å². The zero-order chi connectivity index (χ0) is 14.5. The van der Waals surface area contributed by atoms with Crippen LogP contribution in [0.2, 0.25) is 0 Å². The van der Waals surface area contributed by atoms with E-state index in [1.165, 1.54) is 0 Å². The molecule has 2 rings (SSSR count). The number of aromatic nitrogens is 1. The number of anilines is 1. The Morgan fingerprint density at radius 1 is 1.30 bits per heavy atom. The predicted molar refractivity (Wildman–Crippen MR) is 73.2 cm³/mol. The van der Waals surface area contributed by atoms with Crippen LogP contribution in [0.3, 0.4) is 0 Å². The molecule has 0 atom stereocenters. The number of carboxylic acid groups (broad SMARTS) is 1. The Hall–Kier alpha value is -2.15. The largest absolute Gasteiger partial charge is 0.481 e. The highest BCUT2D eigenvalue weighted by atomic mass is 16.4. The molecule has 1 fully saturated rings. The van der Waals surface area contributed by atoms with Crippen LogP contribution in [-0.4, -0.2) is 64.5 Å². The molecule has 108 valence electrons. The fourth-order valence-electron chi connectivity index (χ4n) is 2.17. The molecule has 0 aromatic carbocycles. The number of nitrogens with two attached hydrogens (primary N) is 1. The Balaban J connectivity index is 1.89. The fourth-order valence-corrected chi connectivity index (χ4v) is 2.17. The number of hydrogen-bond donors (Lipinski definition) is 2. The molecule has 0 radical (unpaired) electrons. The van der Waals surface area contributed by atoms with Gasteiger partial charge in [-0.3, -0.25) is 14.5 Å². The first-order valence-electron chi connectivity index (χ1n) is 6.52. The van der Waals surface area contributed by atoms with Gasteiger partial charge in [0.2, 0.25) is 0 Å². The van der Waals surface area contributed by atoms with E-state index in [4.69, 9.17) is 10.8 Å². The van der Waals surface area contributed by atoms with Crippen LogP contribution in [0.5, 0.6) is 0 Å². The lowest BCUT2D eigenvalue weighted by Gasteiger charge is -2.34. The second-order valence-electron chi connectivity index (χ2n) is 4.72. The van der Waals surface area contributed by atoms with Crippen LogP contribution >= 0.6 is 0 Å². The Bertz CT molecular complexity index is 498. The van der Waals surface area contributed by atoms with Crippen LogP contribution in [0, 0.1) is 0 Å². The van der Waals surface area contributed by atoms with E-state index in [2.05, 4.69) is 4.98 Å². The molecule has 3 N–H and O–H groups in total. The number of amides is 1. The van der Waals surface area contributed by atoms with Crippen molar-refractivity contribution in [3.8, 4) is 0 Å². The van der Waals surface area contributed by atoms with Gasteiger partial charge in [0.15, 0.2) is 5.69 Å². The number of pyridine rings is 1. The summed E-state index contributed by atoms with van der Waals surface area (Å²) in [6.07, 6.45) is 1.67. The third-order valence-corrected chi connectivity index (χ3v) is 3.34. The number of carboxylic acids is 1. The second kappa shape index (κ2) is 6.33. The van der Waals surface area contributed by atoms with E-state index in [1.807, 2.05) is 4.90 Å². The van der Waals surface area contributed by atoms with Crippen LogP contribution in [0.25, 0.3) is 0 Å². The first-order valence-corrected chi connectivity index (χ1v) is 6.52. The average molecular weight is 278 g/mol. The predicted octanol–water partition coefficient (Wildman–Crippen LogP) is -0.104. The molecule has 1 aromatic heterocycles. The number of rotatable bonds is 4. The Labute approximate surface area is 117 Å². The van der Waals surface area contributed by atoms with E-state index in [0.717, 1.165) is 0 Å². The third kappa shape index (κ3) is 3.45. The van der Waals surface area contributed by atoms with Crippen LogP contribution in [0.15, 0.2) is 18.3 Å². The summed E-state index contributed by atoms with van der Waals surface area (Å²) in [6.45, 7) is 2.99. The lowest BCUT2D eigenvalue weighted by molar-refractivity contribution is -0.137. The smallest absolute Gasteiger partial charge is 0.304 e. The van der Waals surface area contributed by atoms with Gasteiger partial charge < -0.3 is 15.7 Å². The Morgan fingerprint density at radius 2 is 2.00 bits per heavy atom. The van der Waals surface area contributed by atoms with Gasteiger partial charge in [-0.25, -0.2) is 4.98 Å². The molecule has 0 saturated carbocycles. The lowest BCUT2D eigenvalue weighted by atomic mass is 10.2. The highest BCUT2D eigenvalue weighted by Crippen LogP contribution is 2.12. The molecule has 1 aliphatic heterocycles. The summed E-state index contributed by atoms with van der Waals surface area (Å²) in [4.78, 5) is 30.6. The number of piperazine rings is 1. The molecule has 1 saturated heterocycles. The molecule has 20 heavy (non-hydrogen) atoms. The van der Waals surface area contributed by atoms with Crippen molar-refractivity contribution in [3.05, 3.63) is 24.0 Å². The van der Waals surface area contributed by atoms with E-state index in [-0.39, 0.29) is 18.0 Å². The van der Waals surface area contributed by atoms with Gasteiger partial charge in [-0.05, 0) is 12.1 Å². The number of carbonyl (C=O) groups excluding carboxylic acids is 1. The van der Waals surface area contributed by atoms with E-state index in [9.17, 15) is 9.59 Å². The zero-order valence-electron chi connectivity index (χ0n) is 11.2. The number of hydrogen-bond acceptors (Lipinski definition) is 5. The standard InChI is InChI=1S/C13H18N4O3/c14-10-2-1-4-15-12(10)13(20)17-8-6-16(7-9-17)5-3-11(18)19/h1-2,4H,3,5-9,14H2,(H,18,19). The van der Waals surface area contributed by atoms with Crippen molar-refractivity contribution >= 4 is 17.6 Å². The minimum atomic E-state index is -0.801. The molecule has 7 nitrogen and oxygen atoms in total. The fraction of sp³-hybridized carbons (Fsp3) is 0.462. The van der Waals surface area contributed by atoms with E-state index in [0.29, 0.717) is 38.4 Å². The van der Waals surface area contributed by atoms with Gasteiger partial charge in [0.25, 0.3) is 5.91 Å². The zero-order valence-corrected chi connectivity index (χ0v) is 11.2. The summed E-state index contributed by atoms with van der Waals surface area (Å²) in [5, 5.41) is 8.65. The average Bonchev–Trinajstić information content (AvgIpc) is 2.45. The molecule has 1 aliphatic rings. The van der Waals surface area contributed by atoms with Crippen molar-refractivity contribution in [1.29, 1.82) is 0 Å². The summed E-state index contributed by atoms with van der Waals surface area (Å²) >= 11 is 0. The molecule has 1 aromatic rings. The van der Waals surface area contributed by atoms with Gasteiger partial charge >= 0.3 is 5.97 Å². The van der Waals surface area contributed by atoms with E-state index in [1.54, 1.807) is 23.2 Å². The van der Waals surface area contributed by atoms with Gasteiger partial charge in [-0.1, -0.05) is 0 Å². The van der Waals surface area contributed by atoms with E-state index >= 15 is 0 Å².